The second-order valence-electron chi connectivity index (χ2n) is 6.89. The molecule has 0 aromatic rings. The quantitative estimate of drug-likeness (QED) is 0.798. The Hall–Kier alpha value is -0.0800. The van der Waals surface area contributed by atoms with Gasteiger partial charge in [0.15, 0.2) is 0 Å². The van der Waals surface area contributed by atoms with Crippen molar-refractivity contribution in [3.8, 4) is 0 Å². The third kappa shape index (κ3) is 3.23. The van der Waals surface area contributed by atoms with Crippen molar-refractivity contribution in [2.24, 2.45) is 17.6 Å². The maximum Gasteiger partial charge on any atom is 0.0306 e. The number of rotatable bonds is 5. The Morgan fingerprint density at radius 2 is 1.94 bits per heavy atom. The van der Waals surface area contributed by atoms with Crippen molar-refractivity contribution < 1.29 is 0 Å². The summed E-state index contributed by atoms with van der Waals surface area (Å²) in [6.07, 6.45) is 9.75. The van der Waals surface area contributed by atoms with Crippen LogP contribution in [0, 0.1) is 11.8 Å². The van der Waals surface area contributed by atoms with Crippen molar-refractivity contribution in [3.63, 3.8) is 0 Å². The molecule has 0 aliphatic heterocycles. The number of nitrogens with two attached hydrogens (primary N) is 1. The van der Waals surface area contributed by atoms with E-state index in [9.17, 15) is 0 Å². The molecule has 0 amide bonds. The van der Waals surface area contributed by atoms with Crippen molar-refractivity contribution in [3.05, 3.63) is 0 Å². The Morgan fingerprint density at radius 3 is 2.47 bits per heavy atom. The van der Waals surface area contributed by atoms with E-state index >= 15 is 0 Å². The number of hydrogen-bond acceptors (Lipinski definition) is 2. The summed E-state index contributed by atoms with van der Waals surface area (Å²) in [7, 11) is 2.32. The lowest BCUT2D eigenvalue weighted by Gasteiger charge is -2.45. The molecule has 0 saturated heterocycles. The van der Waals surface area contributed by atoms with Gasteiger partial charge in [0.1, 0.15) is 0 Å². The molecule has 100 valence electrons. The first-order valence-electron chi connectivity index (χ1n) is 7.48. The average Bonchev–Trinajstić information content (AvgIpc) is 3.11. The molecule has 2 N–H and O–H groups in total. The smallest absolute Gasteiger partial charge is 0.0306 e. The van der Waals surface area contributed by atoms with E-state index in [-0.39, 0.29) is 5.54 Å². The Kier molecular flexibility index (Phi) is 4.14. The van der Waals surface area contributed by atoms with E-state index in [1.54, 1.807) is 0 Å². The van der Waals surface area contributed by atoms with Crippen LogP contribution in [-0.2, 0) is 0 Å². The lowest BCUT2D eigenvalue weighted by atomic mass is 9.83. The molecule has 2 aliphatic carbocycles. The minimum atomic E-state index is 0.239. The molecule has 0 spiro atoms. The zero-order valence-corrected chi connectivity index (χ0v) is 11.9. The standard InChI is InChI=1S/C15H30N2/c1-12-5-4-6-14(9-12)17(3)15(2,11-16)10-13-7-8-13/h12-14H,4-11,16H2,1-3H3. The van der Waals surface area contributed by atoms with E-state index in [2.05, 4.69) is 25.8 Å². The topological polar surface area (TPSA) is 29.3 Å². The number of hydrogen-bond donors (Lipinski definition) is 1. The van der Waals surface area contributed by atoms with Crippen LogP contribution in [-0.4, -0.2) is 30.1 Å². The summed E-state index contributed by atoms with van der Waals surface area (Å²) < 4.78 is 0. The highest BCUT2D eigenvalue weighted by atomic mass is 15.2. The second kappa shape index (κ2) is 5.27. The molecule has 2 nitrogen and oxygen atoms in total. The van der Waals surface area contributed by atoms with Crippen molar-refractivity contribution >= 4 is 0 Å². The van der Waals surface area contributed by atoms with Gasteiger partial charge in [0.2, 0.25) is 0 Å². The van der Waals surface area contributed by atoms with Gasteiger partial charge >= 0.3 is 0 Å². The first-order chi connectivity index (χ1) is 8.05. The van der Waals surface area contributed by atoms with Gasteiger partial charge in [0, 0.05) is 18.1 Å². The van der Waals surface area contributed by atoms with Gasteiger partial charge in [0.25, 0.3) is 0 Å². The number of nitrogens with zero attached hydrogens (tertiary/aromatic N) is 1. The zero-order chi connectivity index (χ0) is 12.5. The predicted octanol–water partition coefficient (Wildman–Crippen LogP) is 3.01. The largest absolute Gasteiger partial charge is 0.329 e. The first kappa shape index (κ1) is 13.4. The van der Waals surface area contributed by atoms with Gasteiger partial charge in [-0.2, -0.15) is 0 Å². The van der Waals surface area contributed by atoms with Crippen LogP contribution in [0.3, 0.4) is 0 Å². The Morgan fingerprint density at radius 1 is 1.24 bits per heavy atom. The number of likely N-dealkylation sites (N-methyl/N-ethyl adjacent to an activating group) is 1. The Balaban J connectivity index is 1.96. The van der Waals surface area contributed by atoms with E-state index < -0.39 is 0 Å². The summed E-state index contributed by atoms with van der Waals surface area (Å²) in [4.78, 5) is 2.63. The fourth-order valence-electron chi connectivity index (χ4n) is 3.51. The molecule has 17 heavy (non-hydrogen) atoms. The summed E-state index contributed by atoms with van der Waals surface area (Å²) in [5.74, 6) is 1.87. The molecule has 0 radical (unpaired) electrons. The van der Waals surface area contributed by atoms with Crippen LogP contribution >= 0.6 is 0 Å². The maximum absolute atomic E-state index is 6.08. The molecule has 2 aliphatic rings. The summed E-state index contributed by atoms with van der Waals surface area (Å²) >= 11 is 0. The molecule has 0 aromatic heterocycles. The Bertz CT molecular complexity index is 249. The molecule has 3 atom stereocenters. The van der Waals surface area contributed by atoms with E-state index in [0.717, 1.165) is 24.4 Å². The van der Waals surface area contributed by atoms with Crippen molar-refractivity contribution in [1.82, 2.24) is 4.90 Å². The van der Waals surface area contributed by atoms with Crippen LogP contribution in [0.2, 0.25) is 0 Å². The first-order valence-corrected chi connectivity index (χ1v) is 7.48. The third-order valence-electron chi connectivity index (χ3n) is 5.17. The van der Waals surface area contributed by atoms with E-state index in [4.69, 9.17) is 5.73 Å². The van der Waals surface area contributed by atoms with Gasteiger partial charge in [-0.25, -0.2) is 0 Å². The predicted molar refractivity (Wildman–Crippen MR) is 74.0 cm³/mol. The van der Waals surface area contributed by atoms with Crippen LogP contribution in [0.15, 0.2) is 0 Å². The summed E-state index contributed by atoms with van der Waals surface area (Å²) in [5, 5.41) is 0. The van der Waals surface area contributed by atoms with Crippen LogP contribution in [0.4, 0.5) is 0 Å². The lowest BCUT2D eigenvalue weighted by Crippen LogP contribution is -2.55. The summed E-state index contributed by atoms with van der Waals surface area (Å²) in [6.45, 7) is 5.59. The second-order valence-corrected chi connectivity index (χ2v) is 6.89. The molecular weight excluding hydrogens is 208 g/mol. The van der Waals surface area contributed by atoms with Gasteiger partial charge in [-0.3, -0.25) is 4.90 Å². The van der Waals surface area contributed by atoms with E-state index in [0.29, 0.717) is 0 Å². The van der Waals surface area contributed by atoms with Crippen LogP contribution in [0.1, 0.15) is 58.8 Å². The normalized spacial score (nSPS) is 33.7. The molecule has 0 bridgehead atoms. The third-order valence-corrected chi connectivity index (χ3v) is 5.17. The average molecular weight is 238 g/mol. The highest BCUT2D eigenvalue weighted by Crippen LogP contribution is 2.40. The molecule has 0 heterocycles. The van der Waals surface area contributed by atoms with Crippen molar-refractivity contribution in [2.75, 3.05) is 13.6 Å². The lowest BCUT2D eigenvalue weighted by molar-refractivity contribution is 0.0492. The molecule has 2 rings (SSSR count). The van der Waals surface area contributed by atoms with Gasteiger partial charge in [0.05, 0.1) is 0 Å². The van der Waals surface area contributed by atoms with Crippen LogP contribution in [0.5, 0.6) is 0 Å². The van der Waals surface area contributed by atoms with E-state index in [1.165, 1.54) is 44.9 Å². The molecule has 0 aromatic carbocycles. The fraction of sp³-hybridized carbons (Fsp3) is 1.00. The minimum Gasteiger partial charge on any atom is -0.329 e. The highest BCUT2D eigenvalue weighted by Gasteiger charge is 2.38. The molecule has 2 saturated carbocycles. The highest BCUT2D eigenvalue weighted by molar-refractivity contribution is 4.95. The van der Waals surface area contributed by atoms with Gasteiger partial charge in [-0.15, -0.1) is 0 Å². The van der Waals surface area contributed by atoms with Crippen molar-refractivity contribution in [2.45, 2.75) is 70.4 Å². The van der Waals surface area contributed by atoms with Crippen LogP contribution < -0.4 is 5.73 Å². The minimum absolute atomic E-state index is 0.239. The van der Waals surface area contributed by atoms with Gasteiger partial charge < -0.3 is 5.73 Å². The maximum atomic E-state index is 6.08. The van der Waals surface area contributed by atoms with E-state index in [1.807, 2.05) is 0 Å². The monoisotopic (exact) mass is 238 g/mol. The molecular formula is C15H30N2. The zero-order valence-electron chi connectivity index (χ0n) is 11.9. The SMILES string of the molecule is CC1CCCC(N(C)C(C)(CN)CC2CC2)C1. The molecule has 2 fully saturated rings. The molecule has 3 unspecified atom stereocenters. The summed E-state index contributed by atoms with van der Waals surface area (Å²) in [6, 6.07) is 0.769. The summed E-state index contributed by atoms with van der Waals surface area (Å²) in [5.41, 5.74) is 6.32. The van der Waals surface area contributed by atoms with Gasteiger partial charge in [-0.1, -0.05) is 32.6 Å². The fourth-order valence-corrected chi connectivity index (χ4v) is 3.51. The van der Waals surface area contributed by atoms with Gasteiger partial charge in [-0.05, 0) is 45.1 Å². The van der Waals surface area contributed by atoms with Crippen LogP contribution in [0.25, 0.3) is 0 Å². The Labute approximate surface area is 107 Å². The molecule has 2 heteroatoms. The van der Waals surface area contributed by atoms with Crippen molar-refractivity contribution in [1.29, 1.82) is 0 Å².